The molecule has 2 atom stereocenters. The Morgan fingerprint density at radius 3 is 2.50 bits per heavy atom. The summed E-state index contributed by atoms with van der Waals surface area (Å²) in [4.78, 5) is 11.7. The number of nitrogens with one attached hydrogen (secondary N) is 2. The zero-order valence-corrected chi connectivity index (χ0v) is 20.6. The molecule has 0 amide bonds. The largest absolute Gasteiger partial charge is 0.481 e. The highest BCUT2D eigenvalue weighted by molar-refractivity contribution is 6.03. The molecule has 1 fully saturated rings. The van der Waals surface area contributed by atoms with Gasteiger partial charge in [0.15, 0.2) is 5.76 Å². The van der Waals surface area contributed by atoms with E-state index < -0.39 is 17.8 Å². The second-order valence-electron chi connectivity index (χ2n) is 9.54. The number of nitrogens with zero attached hydrogens (tertiary/aromatic N) is 2. The maximum atomic E-state index is 11.7. The van der Waals surface area contributed by atoms with Crippen LogP contribution < -0.4 is 5.32 Å². The first-order valence-corrected chi connectivity index (χ1v) is 12.4. The molecule has 4 N–H and O–H groups in total. The Labute approximate surface area is 218 Å². The van der Waals surface area contributed by atoms with E-state index in [1.54, 1.807) is 6.20 Å². The minimum Gasteiger partial charge on any atom is -0.481 e. The van der Waals surface area contributed by atoms with Gasteiger partial charge in [0.05, 0.1) is 29.4 Å². The number of aromatic amines is 1. The quantitative estimate of drug-likeness (QED) is 0.192. The standard InChI is InChI=1S/C29H26N4O5/c1-17(18-5-3-2-4-6-18)37-28(36)32-24-16-31-38-26(24)22-12-11-21(23-15-30-33-25(22)23)19-7-9-20(10-8-19)29(13-14-29)27(34)35/h2-12,15-17,28,32,36H,13-14H2,1H3,(H,30,33)(H,34,35). The summed E-state index contributed by atoms with van der Waals surface area (Å²) in [5.41, 5.74) is 4.84. The summed E-state index contributed by atoms with van der Waals surface area (Å²) in [6.45, 7) is 1.86. The number of carboxylic acid groups (broad SMARTS) is 1. The SMILES string of the molecule is CC(OC(O)Nc1cnoc1-c1ccc(-c2ccc(C3(C(=O)O)CC3)cc2)c2cn[nH]c12)c1ccccc1. The molecule has 1 aliphatic rings. The summed E-state index contributed by atoms with van der Waals surface area (Å²) in [5.74, 6) is -0.346. The lowest BCUT2D eigenvalue weighted by molar-refractivity contribution is -0.140. The molecule has 1 saturated carbocycles. The first-order chi connectivity index (χ1) is 18.5. The van der Waals surface area contributed by atoms with Crippen molar-refractivity contribution < 1.29 is 24.3 Å². The number of ether oxygens (including phenoxy) is 1. The lowest BCUT2D eigenvalue weighted by Gasteiger charge is -2.19. The molecule has 5 aromatic rings. The number of hydrogen-bond acceptors (Lipinski definition) is 7. The van der Waals surface area contributed by atoms with Gasteiger partial charge < -0.3 is 24.8 Å². The minimum atomic E-state index is -1.29. The first-order valence-electron chi connectivity index (χ1n) is 12.4. The van der Waals surface area contributed by atoms with Gasteiger partial charge >= 0.3 is 5.97 Å². The van der Waals surface area contributed by atoms with Crippen LogP contribution in [0.1, 0.15) is 37.0 Å². The molecule has 3 aromatic carbocycles. The van der Waals surface area contributed by atoms with Gasteiger partial charge in [-0.2, -0.15) is 5.10 Å². The number of aliphatic hydroxyl groups is 1. The summed E-state index contributed by atoms with van der Waals surface area (Å²) < 4.78 is 11.3. The average molecular weight is 511 g/mol. The van der Waals surface area contributed by atoms with E-state index in [1.807, 2.05) is 73.7 Å². The van der Waals surface area contributed by atoms with Gasteiger partial charge in [-0.15, -0.1) is 0 Å². The minimum absolute atomic E-state index is 0.336. The second kappa shape index (κ2) is 9.44. The van der Waals surface area contributed by atoms with Gasteiger partial charge in [0.2, 0.25) is 6.41 Å². The average Bonchev–Trinajstić information content (AvgIpc) is 3.38. The number of fused-ring (bicyclic) bond motifs is 1. The molecule has 0 spiro atoms. The third-order valence-corrected chi connectivity index (χ3v) is 7.22. The molecule has 192 valence electrons. The number of hydrogen-bond donors (Lipinski definition) is 4. The number of aliphatic hydroxyl groups excluding tert-OH is 1. The van der Waals surface area contributed by atoms with Gasteiger partial charge in [0.25, 0.3) is 0 Å². The van der Waals surface area contributed by atoms with Gasteiger partial charge in [-0.05, 0) is 48.1 Å². The van der Waals surface area contributed by atoms with Gasteiger partial charge in [-0.1, -0.05) is 65.8 Å². The Morgan fingerprint density at radius 2 is 1.79 bits per heavy atom. The van der Waals surface area contributed by atoms with E-state index in [4.69, 9.17) is 9.26 Å². The maximum absolute atomic E-state index is 11.7. The lowest BCUT2D eigenvalue weighted by Crippen LogP contribution is -2.24. The number of H-pyrrole nitrogens is 1. The van der Waals surface area contributed by atoms with E-state index in [2.05, 4.69) is 20.7 Å². The Kier molecular flexibility index (Phi) is 5.94. The monoisotopic (exact) mass is 510 g/mol. The number of rotatable bonds is 9. The zero-order chi connectivity index (χ0) is 26.3. The molecular formula is C29H26N4O5. The summed E-state index contributed by atoms with van der Waals surface area (Å²) in [6.07, 6.45) is 2.93. The number of carbonyl (C=O) groups is 1. The maximum Gasteiger partial charge on any atom is 0.314 e. The second-order valence-corrected chi connectivity index (χ2v) is 9.54. The zero-order valence-electron chi connectivity index (χ0n) is 20.6. The molecule has 2 aromatic heterocycles. The molecule has 0 aliphatic heterocycles. The Hall–Kier alpha value is -4.47. The Balaban J connectivity index is 1.26. The predicted octanol–water partition coefficient (Wildman–Crippen LogP) is 5.47. The van der Waals surface area contributed by atoms with Crippen LogP contribution >= 0.6 is 0 Å². The molecule has 1 aliphatic carbocycles. The summed E-state index contributed by atoms with van der Waals surface area (Å²) in [7, 11) is 0. The number of benzene rings is 3. The molecule has 0 saturated heterocycles. The molecule has 9 nitrogen and oxygen atoms in total. The number of aromatic nitrogens is 3. The van der Waals surface area contributed by atoms with Crippen molar-refractivity contribution in [3.05, 3.63) is 90.3 Å². The van der Waals surface area contributed by atoms with Crippen LogP contribution in [0, 0.1) is 0 Å². The highest BCUT2D eigenvalue weighted by atomic mass is 16.6. The van der Waals surface area contributed by atoms with E-state index >= 15 is 0 Å². The van der Waals surface area contributed by atoms with E-state index in [1.165, 1.54) is 6.20 Å². The molecule has 2 unspecified atom stereocenters. The van der Waals surface area contributed by atoms with Crippen molar-refractivity contribution in [3.63, 3.8) is 0 Å². The van der Waals surface area contributed by atoms with Crippen LogP contribution in [0.3, 0.4) is 0 Å². The van der Waals surface area contributed by atoms with Gasteiger partial charge in [0, 0.05) is 10.9 Å². The van der Waals surface area contributed by atoms with Crippen LogP contribution in [0.2, 0.25) is 0 Å². The molecule has 2 heterocycles. The molecule has 0 radical (unpaired) electrons. The highest BCUT2D eigenvalue weighted by Crippen LogP contribution is 2.49. The summed E-state index contributed by atoms with van der Waals surface area (Å²) in [5, 5.41) is 35.2. The van der Waals surface area contributed by atoms with Crippen LogP contribution in [-0.4, -0.2) is 38.0 Å². The summed E-state index contributed by atoms with van der Waals surface area (Å²) in [6, 6.07) is 21.2. The van der Waals surface area contributed by atoms with Crippen LogP contribution in [0.5, 0.6) is 0 Å². The molecule has 38 heavy (non-hydrogen) atoms. The Morgan fingerprint density at radius 1 is 1.05 bits per heavy atom. The van der Waals surface area contributed by atoms with Crippen LogP contribution in [-0.2, 0) is 14.9 Å². The van der Waals surface area contributed by atoms with E-state index in [0.29, 0.717) is 29.9 Å². The molecule has 9 heteroatoms. The van der Waals surface area contributed by atoms with Crippen molar-refractivity contribution >= 4 is 22.6 Å². The topological polar surface area (TPSA) is 134 Å². The van der Waals surface area contributed by atoms with Crippen molar-refractivity contribution in [3.8, 4) is 22.5 Å². The number of anilines is 1. The molecule has 0 bridgehead atoms. The van der Waals surface area contributed by atoms with Crippen LogP contribution in [0.4, 0.5) is 5.69 Å². The van der Waals surface area contributed by atoms with E-state index in [0.717, 1.165) is 33.2 Å². The molecule has 6 rings (SSSR count). The number of aliphatic carboxylic acids is 1. The smallest absolute Gasteiger partial charge is 0.314 e. The van der Waals surface area contributed by atoms with Crippen molar-refractivity contribution in [1.82, 2.24) is 15.4 Å². The fourth-order valence-corrected chi connectivity index (χ4v) is 4.90. The van der Waals surface area contributed by atoms with Crippen LogP contribution in [0.25, 0.3) is 33.4 Å². The van der Waals surface area contributed by atoms with E-state index in [9.17, 15) is 15.0 Å². The van der Waals surface area contributed by atoms with Crippen molar-refractivity contribution in [1.29, 1.82) is 0 Å². The fraction of sp³-hybridized carbons (Fsp3) is 0.207. The predicted molar refractivity (Wildman–Crippen MR) is 141 cm³/mol. The first kappa shape index (κ1) is 23.9. The number of carboxylic acids is 1. The Bertz CT molecular complexity index is 1590. The lowest BCUT2D eigenvalue weighted by atomic mass is 9.92. The van der Waals surface area contributed by atoms with Crippen molar-refractivity contribution in [2.45, 2.75) is 37.7 Å². The van der Waals surface area contributed by atoms with Crippen molar-refractivity contribution in [2.75, 3.05) is 5.32 Å². The fourth-order valence-electron chi connectivity index (χ4n) is 4.90. The normalized spacial score (nSPS) is 15.7. The van der Waals surface area contributed by atoms with Crippen LogP contribution in [0.15, 0.2) is 83.6 Å². The third-order valence-electron chi connectivity index (χ3n) is 7.22. The van der Waals surface area contributed by atoms with Gasteiger partial charge in [-0.3, -0.25) is 9.89 Å². The third kappa shape index (κ3) is 4.21. The highest BCUT2D eigenvalue weighted by Gasteiger charge is 2.51. The van der Waals surface area contributed by atoms with Gasteiger partial charge in [-0.25, -0.2) is 0 Å². The van der Waals surface area contributed by atoms with Crippen molar-refractivity contribution in [2.24, 2.45) is 0 Å². The van der Waals surface area contributed by atoms with E-state index in [-0.39, 0.29) is 6.10 Å². The summed E-state index contributed by atoms with van der Waals surface area (Å²) >= 11 is 0. The molecular weight excluding hydrogens is 484 g/mol. The van der Waals surface area contributed by atoms with Gasteiger partial charge in [0.1, 0.15) is 5.69 Å².